The molecule has 0 amide bonds. The van der Waals surface area contributed by atoms with E-state index in [1.807, 2.05) is 53.7 Å². The second kappa shape index (κ2) is 16.1. The first kappa shape index (κ1) is 38.0. The van der Waals surface area contributed by atoms with Crippen molar-refractivity contribution >= 4 is 33.3 Å². The van der Waals surface area contributed by atoms with Gasteiger partial charge in [0.15, 0.2) is 0 Å². The smallest absolute Gasteiger partial charge is 0.146 e. The van der Waals surface area contributed by atoms with Crippen LogP contribution >= 0.6 is 0 Å². The van der Waals surface area contributed by atoms with Crippen LogP contribution in [0.1, 0.15) is 87.0 Å². The average molecular weight is 691 g/mol. The van der Waals surface area contributed by atoms with Crippen molar-refractivity contribution in [1.29, 1.82) is 10.5 Å². The van der Waals surface area contributed by atoms with E-state index in [2.05, 4.69) is 21.6 Å². The van der Waals surface area contributed by atoms with E-state index in [0.29, 0.717) is 22.3 Å². The highest BCUT2D eigenvalue weighted by molar-refractivity contribution is 7.84. The molecule has 48 heavy (non-hydrogen) atoms. The Morgan fingerprint density at radius 1 is 0.604 bits per heavy atom. The molecule has 4 aromatic rings. The summed E-state index contributed by atoms with van der Waals surface area (Å²) in [6.45, 7) is 11.2. The molecule has 0 aliphatic heterocycles. The summed E-state index contributed by atoms with van der Waals surface area (Å²) in [4.78, 5) is 0. The second-order valence-electron chi connectivity index (χ2n) is 12.9. The number of hydrogen-bond donors (Lipinski definition) is 4. The summed E-state index contributed by atoms with van der Waals surface area (Å²) in [6, 6.07) is 26.1. The lowest BCUT2D eigenvalue weighted by molar-refractivity contribution is 0.619. The summed E-state index contributed by atoms with van der Waals surface area (Å²) in [6.07, 6.45) is 0. The molecule has 8 nitrogen and oxygen atoms in total. The number of nitrogens with zero attached hydrogens (tertiary/aromatic N) is 2. The van der Waals surface area contributed by atoms with Gasteiger partial charge in [-0.25, -0.2) is 26.6 Å². The molecule has 0 aromatic heterocycles. The molecule has 0 heterocycles. The van der Waals surface area contributed by atoms with Gasteiger partial charge in [0.2, 0.25) is 0 Å². The number of anilines is 2. The fourth-order valence-electron chi connectivity index (χ4n) is 4.28. The molecule has 4 atom stereocenters. The number of benzene rings is 4. The van der Waals surface area contributed by atoms with Crippen LogP contribution in [0.15, 0.2) is 84.9 Å². The second-order valence-corrected chi connectivity index (χ2v) is 16.9. The van der Waals surface area contributed by atoms with E-state index in [0.717, 1.165) is 11.1 Å². The van der Waals surface area contributed by atoms with E-state index < -0.39 is 55.2 Å². The standard InChI is InChI=1S/2C18H20FN3OS/c2*1-18(2,3)24(23)22-17(13-6-4-5-12(9-13)11-20)14-7-8-15(19)16(21)10-14/h2*4-10,17,22H,21H2,1-3H3/t2*17-,24-/m11/s1. The van der Waals surface area contributed by atoms with Crippen molar-refractivity contribution in [2.24, 2.45) is 0 Å². The first-order valence-corrected chi connectivity index (χ1v) is 17.2. The van der Waals surface area contributed by atoms with Crippen molar-refractivity contribution in [3.63, 3.8) is 0 Å². The fourth-order valence-corrected chi connectivity index (χ4v) is 5.96. The van der Waals surface area contributed by atoms with Gasteiger partial charge in [-0.05, 0) is 112 Å². The quantitative estimate of drug-likeness (QED) is 0.148. The Balaban J connectivity index is 0.000000260. The van der Waals surface area contributed by atoms with Gasteiger partial charge in [0.05, 0.1) is 78.2 Å². The molecule has 6 N–H and O–H groups in total. The third-order valence-electron chi connectivity index (χ3n) is 6.97. The molecule has 0 aliphatic rings. The van der Waals surface area contributed by atoms with Crippen molar-refractivity contribution in [3.8, 4) is 12.1 Å². The predicted molar refractivity (Wildman–Crippen MR) is 190 cm³/mol. The minimum absolute atomic E-state index is 0.0253. The summed E-state index contributed by atoms with van der Waals surface area (Å²) in [5, 5.41) is 18.2. The van der Waals surface area contributed by atoms with Crippen molar-refractivity contribution in [3.05, 3.63) is 130 Å². The van der Waals surface area contributed by atoms with Gasteiger partial charge >= 0.3 is 0 Å². The number of halogens is 2. The zero-order valence-corrected chi connectivity index (χ0v) is 29.3. The van der Waals surface area contributed by atoms with Gasteiger partial charge < -0.3 is 11.5 Å². The van der Waals surface area contributed by atoms with Crippen LogP contribution in [-0.4, -0.2) is 17.9 Å². The number of rotatable bonds is 8. The summed E-state index contributed by atoms with van der Waals surface area (Å²) < 4.78 is 57.3. The van der Waals surface area contributed by atoms with Crippen LogP contribution in [0.2, 0.25) is 0 Å². The maximum atomic E-state index is 13.5. The third-order valence-corrected chi connectivity index (χ3v) is 10.1. The number of nitrogen functional groups attached to an aromatic ring is 2. The minimum Gasteiger partial charge on any atom is -0.396 e. The maximum Gasteiger partial charge on any atom is 0.146 e. The van der Waals surface area contributed by atoms with Crippen LogP contribution < -0.4 is 20.9 Å². The van der Waals surface area contributed by atoms with Crippen LogP contribution in [0, 0.1) is 34.3 Å². The average Bonchev–Trinajstić information content (AvgIpc) is 3.04. The Kier molecular flexibility index (Phi) is 12.7. The highest BCUT2D eigenvalue weighted by Crippen LogP contribution is 2.29. The number of nitrogens with two attached hydrogens (primary N) is 2. The van der Waals surface area contributed by atoms with E-state index in [1.165, 1.54) is 24.3 Å². The molecule has 0 bridgehead atoms. The van der Waals surface area contributed by atoms with Crippen LogP contribution in [0.3, 0.4) is 0 Å². The van der Waals surface area contributed by atoms with Crippen LogP contribution in [-0.2, 0) is 22.0 Å². The van der Waals surface area contributed by atoms with Gasteiger partial charge in [0.25, 0.3) is 0 Å². The molecule has 0 aliphatic carbocycles. The van der Waals surface area contributed by atoms with E-state index in [4.69, 9.17) is 22.0 Å². The summed E-state index contributed by atoms with van der Waals surface area (Å²) in [7, 11) is -2.71. The van der Waals surface area contributed by atoms with E-state index in [9.17, 15) is 17.2 Å². The van der Waals surface area contributed by atoms with Gasteiger partial charge in [0, 0.05) is 0 Å². The molecule has 0 fully saturated rings. The van der Waals surface area contributed by atoms with Crippen LogP contribution in [0.25, 0.3) is 0 Å². The number of nitrogens with one attached hydrogen (secondary N) is 2. The minimum atomic E-state index is -1.36. The molecule has 0 saturated heterocycles. The number of nitriles is 2. The molecule has 0 spiro atoms. The molecule has 4 rings (SSSR count). The first-order chi connectivity index (χ1) is 22.4. The molecule has 12 heteroatoms. The Morgan fingerprint density at radius 2 is 0.938 bits per heavy atom. The summed E-state index contributed by atoms with van der Waals surface area (Å²) in [5.41, 5.74) is 15.3. The van der Waals surface area contributed by atoms with Crippen LogP contribution in [0.5, 0.6) is 0 Å². The SMILES string of the molecule is CC(C)(C)[S@@](=O)N[C@H](c1cccc(C#N)c1)c1ccc(F)c(N)c1.CC(C)(C)[S@@](=O)N[C@H](c1cccc(C#N)c1)c1ccc(F)c(N)c1. The normalized spacial score (nSPS) is 14.0. The molecule has 0 saturated carbocycles. The molecule has 0 radical (unpaired) electrons. The van der Waals surface area contributed by atoms with Crippen LogP contribution in [0.4, 0.5) is 20.2 Å². The van der Waals surface area contributed by atoms with E-state index in [-0.39, 0.29) is 11.4 Å². The summed E-state index contributed by atoms with van der Waals surface area (Å²) in [5.74, 6) is -1.000. The predicted octanol–water partition coefficient (Wildman–Crippen LogP) is 6.84. The molecule has 4 aromatic carbocycles. The molecule has 252 valence electrons. The highest BCUT2D eigenvalue weighted by atomic mass is 32.2. The van der Waals surface area contributed by atoms with Gasteiger partial charge in [-0.15, -0.1) is 0 Å². The largest absolute Gasteiger partial charge is 0.396 e. The highest BCUT2D eigenvalue weighted by Gasteiger charge is 2.26. The number of hydrogen-bond acceptors (Lipinski definition) is 6. The van der Waals surface area contributed by atoms with Gasteiger partial charge in [-0.1, -0.05) is 36.4 Å². The van der Waals surface area contributed by atoms with Gasteiger partial charge in [0.1, 0.15) is 11.6 Å². The molecule has 0 unspecified atom stereocenters. The lowest BCUT2D eigenvalue weighted by atomic mass is 9.97. The first-order valence-electron chi connectivity index (χ1n) is 14.9. The molecular formula is C36H40F2N6O2S2. The Hall–Kier alpha value is -4.46. The van der Waals surface area contributed by atoms with Crippen molar-refractivity contribution in [2.75, 3.05) is 11.5 Å². The summed E-state index contributed by atoms with van der Waals surface area (Å²) >= 11 is 0. The monoisotopic (exact) mass is 690 g/mol. The zero-order valence-electron chi connectivity index (χ0n) is 27.7. The van der Waals surface area contributed by atoms with Crippen molar-refractivity contribution in [2.45, 2.75) is 63.1 Å². The lowest BCUT2D eigenvalue weighted by Gasteiger charge is -2.25. The van der Waals surface area contributed by atoms with Gasteiger partial charge in [-0.3, -0.25) is 0 Å². The lowest BCUT2D eigenvalue weighted by Crippen LogP contribution is -2.36. The maximum absolute atomic E-state index is 13.5. The third kappa shape index (κ3) is 10.3. The Morgan fingerprint density at radius 3 is 1.23 bits per heavy atom. The van der Waals surface area contributed by atoms with Crippen molar-refractivity contribution < 1.29 is 17.2 Å². The van der Waals surface area contributed by atoms with E-state index in [1.54, 1.807) is 48.5 Å². The fraction of sp³-hybridized carbons (Fsp3) is 0.278. The van der Waals surface area contributed by atoms with E-state index >= 15 is 0 Å². The molecular weight excluding hydrogens is 651 g/mol. The topological polar surface area (TPSA) is 158 Å². The Labute approximate surface area is 286 Å². The Bertz CT molecular complexity index is 1750. The zero-order chi connectivity index (χ0) is 35.8. The van der Waals surface area contributed by atoms with Crippen molar-refractivity contribution in [1.82, 2.24) is 9.44 Å². The van der Waals surface area contributed by atoms with Gasteiger partial charge in [-0.2, -0.15) is 10.5 Å².